The van der Waals surface area contributed by atoms with E-state index in [1.165, 1.54) is 6.07 Å². The Kier molecular flexibility index (Phi) is 4.42. The maximum atomic E-state index is 13.3. The van der Waals surface area contributed by atoms with Crippen LogP contribution in [0.15, 0.2) is 48.8 Å². The molecule has 0 bridgehead atoms. The number of benzene rings is 1. The Hall–Kier alpha value is -1.74. The maximum Gasteiger partial charge on any atom is 0.123 e. The first-order valence-corrected chi connectivity index (χ1v) is 6.20. The molecular weight excluding hydrogens is 227 g/mol. The van der Waals surface area contributed by atoms with Crippen molar-refractivity contribution < 1.29 is 4.39 Å². The molecule has 0 aliphatic rings. The Balaban J connectivity index is 2.31. The minimum Gasteiger partial charge on any atom is -0.306 e. The largest absolute Gasteiger partial charge is 0.306 e. The van der Waals surface area contributed by atoms with Crippen molar-refractivity contribution in [1.29, 1.82) is 0 Å². The lowest BCUT2D eigenvalue weighted by molar-refractivity contribution is 0.585. The molecule has 2 nitrogen and oxygen atoms in total. The van der Waals surface area contributed by atoms with Gasteiger partial charge in [0.25, 0.3) is 0 Å². The molecule has 0 aliphatic carbocycles. The van der Waals surface area contributed by atoms with Gasteiger partial charge in [-0.3, -0.25) is 4.98 Å². The number of rotatable bonds is 5. The quantitative estimate of drug-likeness (QED) is 0.872. The van der Waals surface area contributed by atoms with Crippen LogP contribution in [-0.2, 0) is 0 Å². The summed E-state index contributed by atoms with van der Waals surface area (Å²) < 4.78 is 13.3. The lowest BCUT2D eigenvalue weighted by Crippen LogP contribution is -2.23. The predicted molar refractivity (Wildman–Crippen MR) is 70.8 cm³/mol. The van der Waals surface area contributed by atoms with Crippen molar-refractivity contribution in [3.8, 4) is 0 Å². The van der Waals surface area contributed by atoms with Gasteiger partial charge in [0.1, 0.15) is 5.82 Å². The maximum absolute atomic E-state index is 13.3. The van der Waals surface area contributed by atoms with Crippen molar-refractivity contribution in [3.05, 3.63) is 65.7 Å². The molecule has 2 aromatic rings. The summed E-state index contributed by atoms with van der Waals surface area (Å²) in [5, 5.41) is 3.43. The number of nitrogens with one attached hydrogen (secondary N) is 1. The Morgan fingerprint density at radius 3 is 2.61 bits per heavy atom. The van der Waals surface area contributed by atoms with Crippen molar-refractivity contribution in [2.75, 3.05) is 6.54 Å². The third kappa shape index (κ3) is 3.14. The van der Waals surface area contributed by atoms with Gasteiger partial charge in [-0.2, -0.15) is 0 Å². The van der Waals surface area contributed by atoms with E-state index in [0.717, 1.165) is 24.1 Å². The van der Waals surface area contributed by atoms with E-state index in [9.17, 15) is 4.39 Å². The first-order chi connectivity index (χ1) is 8.81. The molecule has 1 aromatic carbocycles. The Morgan fingerprint density at radius 1 is 1.17 bits per heavy atom. The minimum atomic E-state index is -0.204. The van der Waals surface area contributed by atoms with Crippen LogP contribution in [0.4, 0.5) is 4.39 Å². The van der Waals surface area contributed by atoms with E-state index in [-0.39, 0.29) is 11.9 Å². The molecule has 0 fully saturated rings. The molecule has 0 radical (unpaired) electrons. The molecule has 1 atom stereocenters. The summed E-state index contributed by atoms with van der Waals surface area (Å²) in [6, 6.07) is 10.7. The van der Waals surface area contributed by atoms with Crippen molar-refractivity contribution in [3.63, 3.8) is 0 Å². The molecule has 2 rings (SSSR count). The van der Waals surface area contributed by atoms with E-state index in [2.05, 4.69) is 17.2 Å². The summed E-state index contributed by atoms with van der Waals surface area (Å²) in [5.74, 6) is -0.204. The SMILES string of the molecule is CCCNC(c1ccncc1)c1cccc(F)c1. The second kappa shape index (κ2) is 6.26. The summed E-state index contributed by atoms with van der Waals surface area (Å²) in [6.07, 6.45) is 4.56. The van der Waals surface area contributed by atoms with Crippen LogP contribution in [0.3, 0.4) is 0 Å². The second-order valence-corrected chi connectivity index (χ2v) is 4.22. The third-order valence-electron chi connectivity index (χ3n) is 2.82. The Bertz CT molecular complexity index is 485. The van der Waals surface area contributed by atoms with Gasteiger partial charge >= 0.3 is 0 Å². The molecule has 0 amide bonds. The summed E-state index contributed by atoms with van der Waals surface area (Å²) >= 11 is 0. The Morgan fingerprint density at radius 2 is 1.94 bits per heavy atom. The number of hydrogen-bond donors (Lipinski definition) is 1. The van der Waals surface area contributed by atoms with Crippen LogP contribution in [0.25, 0.3) is 0 Å². The van der Waals surface area contributed by atoms with Crippen LogP contribution in [0.1, 0.15) is 30.5 Å². The van der Waals surface area contributed by atoms with Gasteiger partial charge in [-0.25, -0.2) is 4.39 Å². The molecule has 0 saturated heterocycles. The van der Waals surface area contributed by atoms with Gasteiger partial charge in [0.2, 0.25) is 0 Å². The number of nitrogens with zero attached hydrogens (tertiary/aromatic N) is 1. The highest BCUT2D eigenvalue weighted by atomic mass is 19.1. The molecule has 1 N–H and O–H groups in total. The average molecular weight is 244 g/mol. The number of hydrogen-bond acceptors (Lipinski definition) is 2. The van der Waals surface area contributed by atoms with Crippen molar-refractivity contribution >= 4 is 0 Å². The zero-order valence-electron chi connectivity index (χ0n) is 10.4. The van der Waals surface area contributed by atoms with E-state index >= 15 is 0 Å². The monoisotopic (exact) mass is 244 g/mol. The van der Waals surface area contributed by atoms with Crippen molar-refractivity contribution in [2.45, 2.75) is 19.4 Å². The molecule has 1 aromatic heterocycles. The number of aromatic nitrogens is 1. The van der Waals surface area contributed by atoms with Gasteiger partial charge in [-0.05, 0) is 48.4 Å². The smallest absolute Gasteiger partial charge is 0.123 e. The van der Waals surface area contributed by atoms with Crippen LogP contribution in [0.2, 0.25) is 0 Å². The summed E-state index contributed by atoms with van der Waals surface area (Å²) in [7, 11) is 0. The lowest BCUT2D eigenvalue weighted by Gasteiger charge is -2.19. The highest BCUT2D eigenvalue weighted by Crippen LogP contribution is 2.22. The van der Waals surface area contributed by atoms with Gasteiger partial charge in [0.05, 0.1) is 6.04 Å². The van der Waals surface area contributed by atoms with Crippen molar-refractivity contribution in [2.24, 2.45) is 0 Å². The van der Waals surface area contributed by atoms with Crippen LogP contribution in [0, 0.1) is 5.82 Å². The minimum absolute atomic E-state index is 0.0173. The fourth-order valence-electron chi connectivity index (χ4n) is 1.96. The molecule has 0 aliphatic heterocycles. The van der Waals surface area contributed by atoms with Gasteiger partial charge < -0.3 is 5.32 Å². The molecule has 0 saturated carbocycles. The van der Waals surface area contributed by atoms with Crippen LogP contribution < -0.4 is 5.32 Å². The normalized spacial score (nSPS) is 12.3. The second-order valence-electron chi connectivity index (χ2n) is 4.22. The number of pyridine rings is 1. The topological polar surface area (TPSA) is 24.9 Å². The van der Waals surface area contributed by atoms with Crippen LogP contribution in [-0.4, -0.2) is 11.5 Å². The van der Waals surface area contributed by atoms with Crippen LogP contribution in [0.5, 0.6) is 0 Å². The third-order valence-corrected chi connectivity index (χ3v) is 2.82. The predicted octanol–water partition coefficient (Wildman–Crippen LogP) is 3.31. The first-order valence-electron chi connectivity index (χ1n) is 6.20. The van der Waals surface area contributed by atoms with E-state index in [0.29, 0.717) is 0 Å². The molecule has 1 unspecified atom stereocenters. The zero-order chi connectivity index (χ0) is 12.8. The van der Waals surface area contributed by atoms with Crippen molar-refractivity contribution in [1.82, 2.24) is 10.3 Å². The molecule has 0 spiro atoms. The van der Waals surface area contributed by atoms with Gasteiger partial charge in [-0.1, -0.05) is 19.1 Å². The lowest BCUT2D eigenvalue weighted by atomic mass is 9.99. The van der Waals surface area contributed by atoms with Crippen LogP contribution >= 0.6 is 0 Å². The number of halogens is 1. The fourth-order valence-corrected chi connectivity index (χ4v) is 1.96. The summed E-state index contributed by atoms with van der Waals surface area (Å²) in [6.45, 7) is 3.01. The molecule has 18 heavy (non-hydrogen) atoms. The molecular formula is C15H17FN2. The highest BCUT2D eigenvalue weighted by Gasteiger charge is 2.13. The van der Waals surface area contributed by atoms with E-state index in [1.54, 1.807) is 24.5 Å². The standard InChI is InChI=1S/C15H17FN2/c1-2-8-18-15(12-6-9-17-10-7-12)13-4-3-5-14(16)11-13/h3-7,9-11,15,18H,2,8H2,1H3. The summed E-state index contributed by atoms with van der Waals surface area (Å²) in [4.78, 5) is 4.02. The molecule has 1 heterocycles. The first kappa shape index (κ1) is 12.7. The zero-order valence-corrected chi connectivity index (χ0v) is 10.4. The average Bonchev–Trinajstić information content (AvgIpc) is 2.40. The van der Waals surface area contributed by atoms with E-state index in [4.69, 9.17) is 0 Å². The molecule has 3 heteroatoms. The van der Waals surface area contributed by atoms with Gasteiger partial charge in [0.15, 0.2) is 0 Å². The fraction of sp³-hybridized carbons (Fsp3) is 0.267. The Labute approximate surface area is 107 Å². The summed E-state index contributed by atoms with van der Waals surface area (Å²) in [5.41, 5.74) is 2.04. The van der Waals surface area contributed by atoms with Gasteiger partial charge in [-0.15, -0.1) is 0 Å². The van der Waals surface area contributed by atoms with E-state index in [1.807, 2.05) is 18.2 Å². The van der Waals surface area contributed by atoms with E-state index < -0.39 is 0 Å². The highest BCUT2D eigenvalue weighted by molar-refractivity contribution is 5.30. The molecule has 94 valence electrons. The van der Waals surface area contributed by atoms with Gasteiger partial charge in [0, 0.05) is 12.4 Å².